The van der Waals surface area contributed by atoms with Gasteiger partial charge in [-0.25, -0.2) is 4.79 Å². The van der Waals surface area contributed by atoms with Crippen LogP contribution in [0.25, 0.3) is 0 Å². The number of fused-ring (bicyclic) bond motifs is 1. The van der Waals surface area contributed by atoms with Crippen molar-refractivity contribution in [3.05, 3.63) is 64.2 Å². The number of aromatic carboxylic acids is 1. The fraction of sp³-hybridized carbons (Fsp3) is 0.300. The van der Waals surface area contributed by atoms with E-state index in [1.54, 1.807) is 25.1 Å². The van der Waals surface area contributed by atoms with Gasteiger partial charge in [-0.05, 0) is 66.8 Å². The molecule has 7 heteroatoms. The summed E-state index contributed by atoms with van der Waals surface area (Å²) in [4.78, 5) is 23.8. The molecular weight excluding hydrogens is 356 g/mol. The third kappa shape index (κ3) is 4.24. The molecule has 1 atom stereocenters. The number of hydrogen-bond donors (Lipinski definition) is 2. The van der Waals surface area contributed by atoms with E-state index < -0.39 is 12.1 Å². The topological polar surface area (TPSA) is 75.6 Å². The molecule has 1 unspecified atom stereocenters. The van der Waals surface area contributed by atoms with Gasteiger partial charge in [0, 0.05) is 12.5 Å². The quantitative estimate of drug-likeness (QED) is 0.825. The third-order valence-corrected chi connectivity index (χ3v) is 4.52. The summed E-state index contributed by atoms with van der Waals surface area (Å²) in [6, 6.07) is 8.77. The Morgan fingerprint density at radius 3 is 2.59 bits per heavy atom. The normalized spacial score (nSPS) is 15.9. The van der Waals surface area contributed by atoms with Gasteiger partial charge in [-0.15, -0.1) is 0 Å². The number of carboxylic acids is 1. The van der Waals surface area contributed by atoms with E-state index in [0.29, 0.717) is 24.5 Å². The van der Waals surface area contributed by atoms with Gasteiger partial charge in [0.1, 0.15) is 5.75 Å². The first kappa shape index (κ1) is 18.8. The molecule has 5 nitrogen and oxygen atoms in total. The zero-order chi connectivity index (χ0) is 19.8. The van der Waals surface area contributed by atoms with Crippen molar-refractivity contribution in [1.82, 2.24) is 5.32 Å². The molecule has 0 aliphatic heterocycles. The standard InChI is InChI=1S/C20H19F2NO4/c1-11-9-14(27-20(2,21)22)6-7-15(11)18(24)23-17-8-5-12-3-4-13(19(25)26)10-16(12)17/h3-4,6-7,9-10,17H,5,8H2,1-2H3,(H,23,24)(H,25,26). The van der Waals surface area contributed by atoms with E-state index in [4.69, 9.17) is 5.11 Å². The summed E-state index contributed by atoms with van der Waals surface area (Å²) in [5.74, 6) is -1.39. The predicted octanol–water partition coefficient (Wildman–Crippen LogP) is 4.10. The number of halogens is 2. The number of amides is 1. The van der Waals surface area contributed by atoms with Crippen LogP contribution < -0.4 is 10.1 Å². The largest absolute Gasteiger partial charge is 0.478 e. The van der Waals surface area contributed by atoms with Crippen molar-refractivity contribution in [2.75, 3.05) is 0 Å². The third-order valence-electron chi connectivity index (χ3n) is 4.52. The Hall–Kier alpha value is -2.96. The number of aryl methyl sites for hydroxylation is 2. The Labute approximate surface area is 155 Å². The highest BCUT2D eigenvalue weighted by atomic mass is 19.3. The number of benzene rings is 2. The predicted molar refractivity (Wildman–Crippen MR) is 94.4 cm³/mol. The first-order valence-electron chi connectivity index (χ1n) is 8.48. The number of alkyl halides is 2. The number of nitrogens with one attached hydrogen (secondary N) is 1. The van der Waals surface area contributed by atoms with Crippen molar-refractivity contribution in [2.45, 2.75) is 38.8 Å². The van der Waals surface area contributed by atoms with Crippen molar-refractivity contribution < 1.29 is 28.2 Å². The van der Waals surface area contributed by atoms with E-state index in [1.807, 2.05) is 0 Å². The number of hydrogen-bond acceptors (Lipinski definition) is 3. The lowest BCUT2D eigenvalue weighted by molar-refractivity contribution is -0.158. The molecular formula is C20H19F2NO4. The van der Waals surface area contributed by atoms with Crippen molar-refractivity contribution in [1.29, 1.82) is 0 Å². The SMILES string of the molecule is Cc1cc(OC(C)(F)F)ccc1C(=O)NC1CCc2ccc(C(=O)O)cc21. The van der Waals surface area contributed by atoms with Crippen LogP contribution in [0.3, 0.4) is 0 Å². The fourth-order valence-corrected chi connectivity index (χ4v) is 3.28. The molecule has 142 valence electrons. The first-order valence-corrected chi connectivity index (χ1v) is 8.48. The Bertz CT molecular complexity index is 905. The van der Waals surface area contributed by atoms with Crippen molar-refractivity contribution >= 4 is 11.9 Å². The molecule has 1 aliphatic rings. The lowest BCUT2D eigenvalue weighted by atomic mass is 10.0. The highest BCUT2D eigenvalue weighted by molar-refractivity contribution is 5.96. The molecule has 0 fully saturated rings. The highest BCUT2D eigenvalue weighted by Crippen LogP contribution is 2.32. The molecule has 27 heavy (non-hydrogen) atoms. The molecule has 1 amide bonds. The monoisotopic (exact) mass is 375 g/mol. The summed E-state index contributed by atoms with van der Waals surface area (Å²) in [6.45, 7) is 2.28. The minimum Gasteiger partial charge on any atom is -0.478 e. The Morgan fingerprint density at radius 1 is 1.22 bits per heavy atom. The molecule has 0 spiro atoms. The van der Waals surface area contributed by atoms with Crippen molar-refractivity contribution in [3.8, 4) is 5.75 Å². The first-order chi connectivity index (χ1) is 12.6. The highest BCUT2D eigenvalue weighted by Gasteiger charge is 2.27. The molecule has 2 aromatic rings. The number of carboxylic acid groups (broad SMARTS) is 1. The van der Waals surface area contributed by atoms with Crippen LogP contribution in [0.2, 0.25) is 0 Å². The fourth-order valence-electron chi connectivity index (χ4n) is 3.28. The number of rotatable bonds is 5. The summed E-state index contributed by atoms with van der Waals surface area (Å²) in [6.07, 6.45) is -1.88. The molecule has 0 bridgehead atoms. The van der Waals surface area contributed by atoms with Crippen LogP contribution >= 0.6 is 0 Å². The van der Waals surface area contributed by atoms with E-state index in [0.717, 1.165) is 17.5 Å². The van der Waals surface area contributed by atoms with Gasteiger partial charge in [-0.2, -0.15) is 8.78 Å². The van der Waals surface area contributed by atoms with Gasteiger partial charge < -0.3 is 15.2 Å². The molecule has 3 rings (SSSR count). The molecule has 0 saturated heterocycles. The second-order valence-corrected chi connectivity index (χ2v) is 6.67. The molecule has 0 saturated carbocycles. The van der Waals surface area contributed by atoms with Crippen LogP contribution in [0.5, 0.6) is 5.75 Å². The average Bonchev–Trinajstić information content (AvgIpc) is 2.95. The second-order valence-electron chi connectivity index (χ2n) is 6.67. The lowest BCUT2D eigenvalue weighted by Crippen LogP contribution is -2.28. The summed E-state index contributed by atoms with van der Waals surface area (Å²) in [5, 5.41) is 12.1. The van der Waals surface area contributed by atoms with Gasteiger partial charge in [-0.1, -0.05) is 6.07 Å². The smallest absolute Gasteiger partial charge is 0.394 e. The van der Waals surface area contributed by atoms with Crippen LogP contribution in [-0.4, -0.2) is 23.1 Å². The van der Waals surface area contributed by atoms with Gasteiger partial charge in [0.15, 0.2) is 0 Å². The van der Waals surface area contributed by atoms with Gasteiger partial charge in [0.25, 0.3) is 5.91 Å². The van der Waals surface area contributed by atoms with Gasteiger partial charge in [0.2, 0.25) is 0 Å². The van der Waals surface area contributed by atoms with E-state index in [1.165, 1.54) is 18.2 Å². The average molecular weight is 375 g/mol. The summed E-state index contributed by atoms with van der Waals surface area (Å²) in [7, 11) is 0. The Balaban J connectivity index is 1.78. The lowest BCUT2D eigenvalue weighted by Gasteiger charge is -2.17. The summed E-state index contributed by atoms with van der Waals surface area (Å²) < 4.78 is 30.4. The zero-order valence-electron chi connectivity index (χ0n) is 14.9. The van der Waals surface area contributed by atoms with E-state index in [2.05, 4.69) is 10.1 Å². The molecule has 0 heterocycles. The maximum absolute atomic E-state index is 13.0. The summed E-state index contributed by atoms with van der Waals surface area (Å²) >= 11 is 0. The van der Waals surface area contributed by atoms with Crippen LogP contribution in [0.4, 0.5) is 8.78 Å². The number of carbonyl (C=O) groups excluding carboxylic acids is 1. The minimum absolute atomic E-state index is 0.0196. The molecule has 0 radical (unpaired) electrons. The van der Waals surface area contributed by atoms with Crippen LogP contribution in [0.15, 0.2) is 36.4 Å². The van der Waals surface area contributed by atoms with Crippen LogP contribution in [0.1, 0.15) is 56.8 Å². The zero-order valence-corrected chi connectivity index (χ0v) is 14.9. The van der Waals surface area contributed by atoms with Crippen molar-refractivity contribution in [2.24, 2.45) is 0 Å². The maximum atomic E-state index is 13.0. The van der Waals surface area contributed by atoms with Crippen molar-refractivity contribution in [3.63, 3.8) is 0 Å². The van der Waals surface area contributed by atoms with Crippen LogP contribution in [-0.2, 0) is 6.42 Å². The van der Waals surface area contributed by atoms with E-state index >= 15 is 0 Å². The van der Waals surface area contributed by atoms with E-state index in [9.17, 15) is 18.4 Å². The minimum atomic E-state index is -3.30. The van der Waals surface area contributed by atoms with Gasteiger partial charge in [0.05, 0.1) is 11.6 Å². The Morgan fingerprint density at radius 2 is 1.96 bits per heavy atom. The molecule has 0 aromatic heterocycles. The second kappa shape index (κ2) is 6.98. The summed E-state index contributed by atoms with van der Waals surface area (Å²) in [5.41, 5.74) is 2.84. The van der Waals surface area contributed by atoms with E-state index in [-0.39, 0.29) is 23.3 Å². The number of carbonyl (C=O) groups is 2. The molecule has 1 aliphatic carbocycles. The van der Waals surface area contributed by atoms with Gasteiger partial charge in [-0.3, -0.25) is 4.79 Å². The Kier molecular flexibility index (Phi) is 4.87. The molecule has 2 N–H and O–H groups in total. The number of ether oxygens (including phenoxy) is 1. The van der Waals surface area contributed by atoms with Crippen LogP contribution in [0, 0.1) is 6.92 Å². The maximum Gasteiger partial charge on any atom is 0.394 e. The molecule has 2 aromatic carbocycles. The van der Waals surface area contributed by atoms with Gasteiger partial charge >= 0.3 is 12.1 Å².